The zero-order valence-corrected chi connectivity index (χ0v) is 17.4. The summed E-state index contributed by atoms with van der Waals surface area (Å²) in [6.45, 7) is 2.27. The van der Waals surface area contributed by atoms with Crippen LogP contribution in [0.3, 0.4) is 0 Å². The van der Waals surface area contributed by atoms with Crippen molar-refractivity contribution in [3.8, 4) is 17.2 Å². The van der Waals surface area contributed by atoms with Crippen molar-refractivity contribution in [2.24, 2.45) is 0 Å². The summed E-state index contributed by atoms with van der Waals surface area (Å²) < 4.78 is 20.8. The first kappa shape index (κ1) is 21.3. The minimum absolute atomic E-state index is 0.391. The van der Waals surface area contributed by atoms with Gasteiger partial charge in [-0.25, -0.2) is 4.79 Å². The standard InChI is InChI=1S/C20H24N2O5S/c1-12-14(19(23)27-5)7-6-8-15(12)22-20(28)21-11-13-9-16(24-2)18(26-4)17(10-13)25-3/h6-10H,11H2,1-5H3,(H2,21,22,28). The topological polar surface area (TPSA) is 78.1 Å². The number of hydrogen-bond acceptors (Lipinski definition) is 6. The number of anilines is 1. The van der Waals surface area contributed by atoms with E-state index in [0.29, 0.717) is 34.5 Å². The van der Waals surface area contributed by atoms with Crippen LogP contribution in [0.4, 0.5) is 5.69 Å². The smallest absolute Gasteiger partial charge is 0.338 e. The molecular weight excluding hydrogens is 380 g/mol. The maximum absolute atomic E-state index is 11.8. The largest absolute Gasteiger partial charge is 0.493 e. The van der Waals surface area contributed by atoms with E-state index in [1.807, 2.05) is 25.1 Å². The molecule has 28 heavy (non-hydrogen) atoms. The van der Waals surface area contributed by atoms with E-state index in [4.69, 9.17) is 31.2 Å². The molecule has 0 aliphatic heterocycles. The number of carbonyl (C=O) groups is 1. The highest BCUT2D eigenvalue weighted by Gasteiger charge is 2.14. The molecule has 0 bridgehead atoms. The van der Waals surface area contributed by atoms with Crippen LogP contribution in [0.25, 0.3) is 0 Å². The molecule has 0 aliphatic rings. The molecule has 0 amide bonds. The first-order valence-corrected chi connectivity index (χ1v) is 8.87. The fourth-order valence-electron chi connectivity index (χ4n) is 2.69. The number of hydrogen-bond donors (Lipinski definition) is 2. The first-order chi connectivity index (χ1) is 13.4. The summed E-state index contributed by atoms with van der Waals surface area (Å²) >= 11 is 5.38. The Morgan fingerprint density at radius 1 is 1.04 bits per heavy atom. The van der Waals surface area contributed by atoms with Crippen LogP contribution in [0.1, 0.15) is 21.5 Å². The molecule has 7 nitrogen and oxygen atoms in total. The Hall–Kier alpha value is -3.00. The molecule has 0 atom stereocenters. The number of nitrogens with one attached hydrogen (secondary N) is 2. The highest BCUT2D eigenvalue weighted by atomic mass is 32.1. The van der Waals surface area contributed by atoms with Crippen molar-refractivity contribution in [3.05, 3.63) is 47.0 Å². The third-order valence-electron chi connectivity index (χ3n) is 4.16. The highest BCUT2D eigenvalue weighted by molar-refractivity contribution is 7.80. The average molecular weight is 404 g/mol. The van der Waals surface area contributed by atoms with Gasteiger partial charge in [-0.3, -0.25) is 0 Å². The minimum Gasteiger partial charge on any atom is -0.493 e. The van der Waals surface area contributed by atoms with E-state index in [2.05, 4.69) is 10.6 Å². The number of rotatable bonds is 7. The van der Waals surface area contributed by atoms with Crippen molar-refractivity contribution in [2.45, 2.75) is 13.5 Å². The Morgan fingerprint density at radius 2 is 1.68 bits per heavy atom. The van der Waals surface area contributed by atoms with Crippen molar-refractivity contribution in [3.63, 3.8) is 0 Å². The van der Waals surface area contributed by atoms with Crippen LogP contribution < -0.4 is 24.8 Å². The number of thiocarbonyl (C=S) groups is 1. The number of methoxy groups -OCH3 is 4. The molecule has 0 unspecified atom stereocenters. The quantitative estimate of drug-likeness (QED) is 0.538. The summed E-state index contributed by atoms with van der Waals surface area (Å²) in [4.78, 5) is 11.8. The van der Waals surface area contributed by atoms with Gasteiger partial charge >= 0.3 is 5.97 Å². The van der Waals surface area contributed by atoms with Gasteiger partial charge in [0.2, 0.25) is 5.75 Å². The second-order valence-corrected chi connectivity index (χ2v) is 6.22. The number of ether oxygens (including phenoxy) is 4. The summed E-state index contributed by atoms with van der Waals surface area (Å²) in [6.07, 6.45) is 0. The van der Waals surface area contributed by atoms with Crippen molar-refractivity contribution in [2.75, 3.05) is 33.8 Å². The lowest BCUT2D eigenvalue weighted by Crippen LogP contribution is -2.28. The van der Waals surface area contributed by atoms with E-state index in [-0.39, 0.29) is 0 Å². The monoisotopic (exact) mass is 404 g/mol. The molecule has 0 saturated heterocycles. The van der Waals surface area contributed by atoms with Crippen molar-refractivity contribution < 1.29 is 23.7 Å². The molecule has 2 N–H and O–H groups in total. The third-order valence-corrected chi connectivity index (χ3v) is 4.41. The summed E-state index contributed by atoms with van der Waals surface area (Å²) in [5.41, 5.74) is 2.87. The van der Waals surface area contributed by atoms with Gasteiger partial charge in [0.1, 0.15) is 0 Å². The fraction of sp³-hybridized carbons (Fsp3) is 0.300. The number of esters is 1. The maximum atomic E-state index is 11.8. The van der Waals surface area contributed by atoms with Gasteiger partial charge in [0.05, 0.1) is 34.0 Å². The van der Waals surface area contributed by atoms with Crippen LogP contribution in [0.5, 0.6) is 17.2 Å². The Morgan fingerprint density at radius 3 is 2.21 bits per heavy atom. The first-order valence-electron chi connectivity index (χ1n) is 8.46. The molecule has 0 heterocycles. The lowest BCUT2D eigenvalue weighted by atomic mass is 10.1. The maximum Gasteiger partial charge on any atom is 0.338 e. The van der Waals surface area contributed by atoms with E-state index in [0.717, 1.165) is 16.8 Å². The second-order valence-electron chi connectivity index (χ2n) is 5.81. The molecule has 2 aromatic rings. The van der Waals surface area contributed by atoms with E-state index in [9.17, 15) is 4.79 Å². The summed E-state index contributed by atoms with van der Waals surface area (Å²) in [6, 6.07) is 9.01. The predicted molar refractivity (Wildman–Crippen MR) is 112 cm³/mol. The average Bonchev–Trinajstić information content (AvgIpc) is 2.72. The molecule has 150 valence electrons. The Kier molecular flexibility index (Phi) is 7.45. The SMILES string of the molecule is COC(=O)c1cccc(NC(=S)NCc2cc(OC)c(OC)c(OC)c2)c1C. The summed E-state index contributed by atoms with van der Waals surface area (Å²) in [5.74, 6) is 1.28. The van der Waals surface area contributed by atoms with Crippen molar-refractivity contribution in [1.29, 1.82) is 0 Å². The van der Waals surface area contributed by atoms with Crippen LogP contribution in [0.2, 0.25) is 0 Å². The summed E-state index contributed by atoms with van der Waals surface area (Å²) in [5, 5.41) is 6.65. The van der Waals surface area contributed by atoms with Crippen LogP contribution in [-0.4, -0.2) is 39.5 Å². The van der Waals surface area contributed by atoms with Crippen LogP contribution in [-0.2, 0) is 11.3 Å². The molecule has 0 spiro atoms. The van der Waals surface area contributed by atoms with Gasteiger partial charge in [0, 0.05) is 12.2 Å². The van der Waals surface area contributed by atoms with Crippen LogP contribution in [0, 0.1) is 6.92 Å². The van der Waals surface area contributed by atoms with Crippen molar-refractivity contribution in [1.82, 2.24) is 5.32 Å². The normalized spacial score (nSPS) is 10.0. The van der Waals surface area contributed by atoms with Crippen molar-refractivity contribution >= 4 is 29.0 Å². The van der Waals surface area contributed by atoms with Gasteiger partial charge in [0.15, 0.2) is 16.6 Å². The van der Waals surface area contributed by atoms with E-state index < -0.39 is 5.97 Å². The summed E-state index contributed by atoms with van der Waals surface area (Å²) in [7, 11) is 6.04. The van der Waals surface area contributed by atoms with Crippen LogP contribution in [0.15, 0.2) is 30.3 Å². The molecule has 0 aromatic heterocycles. The number of carbonyl (C=O) groups excluding carboxylic acids is 1. The molecule has 2 rings (SSSR count). The molecule has 0 aliphatic carbocycles. The van der Waals surface area contributed by atoms with E-state index >= 15 is 0 Å². The number of benzene rings is 2. The molecule has 2 aromatic carbocycles. The van der Waals surface area contributed by atoms with E-state index in [1.165, 1.54) is 7.11 Å². The van der Waals surface area contributed by atoms with Gasteiger partial charge in [-0.1, -0.05) is 6.07 Å². The molecule has 0 saturated carbocycles. The van der Waals surface area contributed by atoms with Gasteiger partial charge < -0.3 is 29.6 Å². The van der Waals surface area contributed by atoms with E-state index in [1.54, 1.807) is 33.5 Å². The zero-order valence-electron chi connectivity index (χ0n) is 16.5. The van der Waals surface area contributed by atoms with Gasteiger partial charge in [0.25, 0.3) is 0 Å². The zero-order chi connectivity index (χ0) is 20.7. The van der Waals surface area contributed by atoms with Crippen LogP contribution >= 0.6 is 12.2 Å². The Balaban J connectivity index is 2.10. The fourth-order valence-corrected chi connectivity index (χ4v) is 2.87. The Bertz CT molecular complexity index is 845. The predicted octanol–water partition coefficient (Wildman–Crippen LogP) is 3.29. The van der Waals surface area contributed by atoms with Gasteiger partial charge in [-0.15, -0.1) is 0 Å². The third kappa shape index (κ3) is 4.83. The lowest BCUT2D eigenvalue weighted by molar-refractivity contribution is 0.0600. The van der Waals surface area contributed by atoms with Gasteiger partial charge in [-0.2, -0.15) is 0 Å². The molecule has 8 heteroatoms. The highest BCUT2D eigenvalue weighted by Crippen LogP contribution is 2.38. The Labute approximate surface area is 169 Å². The molecule has 0 radical (unpaired) electrons. The molecule has 0 fully saturated rings. The lowest BCUT2D eigenvalue weighted by Gasteiger charge is -2.16. The second kappa shape index (κ2) is 9.80. The minimum atomic E-state index is -0.391. The van der Waals surface area contributed by atoms with Gasteiger partial charge in [-0.05, 0) is 54.5 Å². The molecular formula is C20H24N2O5S.